The molecule has 3 aromatic carbocycles. The number of carbonyl (C=O) groups excluding carboxylic acids is 2. The van der Waals surface area contributed by atoms with Gasteiger partial charge in [0.2, 0.25) is 0 Å². The molecule has 0 bridgehead atoms. The average molecular weight is 597 g/mol. The van der Waals surface area contributed by atoms with Gasteiger partial charge in [0.1, 0.15) is 23.8 Å². The molecule has 12 nitrogen and oxygen atoms in total. The maximum absolute atomic E-state index is 13.6. The smallest absolute Gasteiger partial charge is 0.264 e. The fourth-order valence-electron chi connectivity index (χ4n) is 4.05. The van der Waals surface area contributed by atoms with Gasteiger partial charge >= 0.3 is 0 Å². The first-order chi connectivity index (χ1) is 20.3. The third-order valence-corrected chi connectivity index (χ3v) is 8.07. The number of hydrogen-bond donors (Lipinski definition) is 1. The largest absolute Gasteiger partial charge is 0.497 e. The van der Waals surface area contributed by atoms with Crippen LogP contribution in [0.25, 0.3) is 0 Å². The van der Waals surface area contributed by atoms with Crippen LogP contribution in [0.15, 0.2) is 82.8 Å². The minimum atomic E-state index is -4.17. The number of hydrazone groups is 1. The van der Waals surface area contributed by atoms with Crippen molar-refractivity contribution in [1.29, 1.82) is 0 Å². The quantitative estimate of drug-likeness (QED) is 0.249. The predicted octanol–water partition coefficient (Wildman–Crippen LogP) is 2.29. The van der Waals surface area contributed by atoms with Gasteiger partial charge < -0.3 is 23.8 Å². The molecule has 0 spiro atoms. The van der Waals surface area contributed by atoms with E-state index in [2.05, 4.69) is 10.5 Å². The van der Waals surface area contributed by atoms with E-state index in [0.29, 0.717) is 43.4 Å². The fourth-order valence-corrected chi connectivity index (χ4v) is 5.49. The maximum Gasteiger partial charge on any atom is 0.264 e. The molecule has 0 aliphatic carbocycles. The highest BCUT2D eigenvalue weighted by atomic mass is 32.2. The highest BCUT2D eigenvalue weighted by Crippen LogP contribution is 2.32. The lowest BCUT2D eigenvalue weighted by Crippen LogP contribution is -2.42. The molecule has 1 heterocycles. The number of rotatable bonds is 12. The van der Waals surface area contributed by atoms with Crippen molar-refractivity contribution in [2.45, 2.75) is 4.90 Å². The van der Waals surface area contributed by atoms with E-state index in [9.17, 15) is 18.0 Å². The molecule has 0 saturated carbocycles. The molecule has 1 aliphatic heterocycles. The summed E-state index contributed by atoms with van der Waals surface area (Å²) in [6, 6.07) is 19.1. The van der Waals surface area contributed by atoms with Gasteiger partial charge in [-0.1, -0.05) is 12.1 Å². The van der Waals surface area contributed by atoms with Crippen molar-refractivity contribution >= 4 is 33.7 Å². The van der Waals surface area contributed by atoms with E-state index in [4.69, 9.17) is 18.9 Å². The topological polar surface area (TPSA) is 136 Å². The zero-order chi connectivity index (χ0) is 30.0. The molecular formula is C29H32N4O8S. The van der Waals surface area contributed by atoms with Crippen molar-refractivity contribution in [2.75, 3.05) is 58.0 Å². The van der Waals surface area contributed by atoms with Crippen LogP contribution >= 0.6 is 0 Å². The number of hydrogen-bond acceptors (Lipinski definition) is 9. The molecule has 3 aromatic rings. The summed E-state index contributed by atoms with van der Waals surface area (Å²) in [7, 11) is -1.27. The van der Waals surface area contributed by atoms with Crippen LogP contribution in [0.4, 0.5) is 5.69 Å². The first-order valence-corrected chi connectivity index (χ1v) is 14.5. The molecule has 0 aromatic heterocycles. The molecule has 1 saturated heterocycles. The van der Waals surface area contributed by atoms with Crippen LogP contribution in [0, 0.1) is 0 Å². The summed E-state index contributed by atoms with van der Waals surface area (Å²) in [5.41, 5.74) is 3.21. The molecule has 1 aliphatic rings. The van der Waals surface area contributed by atoms with E-state index in [1.54, 1.807) is 53.4 Å². The van der Waals surface area contributed by atoms with Crippen LogP contribution in [0.1, 0.15) is 5.56 Å². The number of benzene rings is 3. The summed E-state index contributed by atoms with van der Waals surface area (Å²) in [4.78, 5) is 26.8. The minimum absolute atomic E-state index is 0.0283. The molecule has 0 radical (unpaired) electrons. The number of para-hydroxylation sites is 2. The lowest BCUT2D eigenvalue weighted by molar-refractivity contribution is -0.137. The van der Waals surface area contributed by atoms with Crippen molar-refractivity contribution in [2.24, 2.45) is 5.10 Å². The standard InChI is InChI=1S/C29H32N4O8S/c1-38-23-11-13-25(14-12-23)42(36,37)33(26-5-3-4-6-27(26)39-2)20-28(34)31-30-19-22-7-9-24(10-8-22)41-21-29(35)32-15-17-40-18-16-32/h3-14,19H,15-18,20-21H2,1-2H3,(H,31,34)/b30-19-. The zero-order valence-electron chi connectivity index (χ0n) is 23.3. The molecule has 2 amide bonds. The van der Waals surface area contributed by atoms with Gasteiger partial charge in [-0.05, 0) is 66.2 Å². The number of sulfonamides is 1. The SMILES string of the molecule is COc1ccc(S(=O)(=O)N(CC(=O)N/N=C\c2ccc(OCC(=O)N3CCOCC3)cc2)c2ccccc2OC)cc1. The Kier molecular flexibility index (Phi) is 10.3. The second-order valence-electron chi connectivity index (χ2n) is 9.00. The Morgan fingerprint density at radius 2 is 1.62 bits per heavy atom. The number of nitrogens with one attached hydrogen (secondary N) is 1. The number of methoxy groups -OCH3 is 2. The lowest BCUT2D eigenvalue weighted by atomic mass is 10.2. The number of morpholine rings is 1. The summed E-state index contributed by atoms with van der Waals surface area (Å²) < 4.78 is 49.5. The molecular weight excluding hydrogens is 564 g/mol. The van der Waals surface area contributed by atoms with Gasteiger partial charge in [-0.15, -0.1) is 0 Å². The fraction of sp³-hybridized carbons (Fsp3) is 0.276. The summed E-state index contributed by atoms with van der Waals surface area (Å²) in [6.45, 7) is 1.50. The molecule has 0 atom stereocenters. The Morgan fingerprint density at radius 3 is 2.29 bits per heavy atom. The van der Waals surface area contributed by atoms with Gasteiger partial charge in [0.05, 0.1) is 44.2 Å². The molecule has 1 fully saturated rings. The Bertz CT molecular complexity index is 1490. The van der Waals surface area contributed by atoms with Crippen LogP contribution in [0.3, 0.4) is 0 Å². The Hall–Kier alpha value is -4.62. The number of anilines is 1. The lowest BCUT2D eigenvalue weighted by Gasteiger charge is -2.26. The van der Waals surface area contributed by atoms with E-state index < -0.39 is 22.5 Å². The Labute approximate surface area is 244 Å². The highest BCUT2D eigenvalue weighted by Gasteiger charge is 2.29. The van der Waals surface area contributed by atoms with Gasteiger partial charge in [-0.25, -0.2) is 13.8 Å². The molecule has 0 unspecified atom stereocenters. The second-order valence-corrected chi connectivity index (χ2v) is 10.9. The summed E-state index contributed by atoms with van der Waals surface area (Å²) in [5, 5.41) is 3.97. The van der Waals surface area contributed by atoms with E-state index >= 15 is 0 Å². The van der Waals surface area contributed by atoms with Crippen LogP contribution in [0.5, 0.6) is 17.2 Å². The molecule has 1 N–H and O–H groups in total. The van der Waals surface area contributed by atoms with Gasteiger partial charge in [0, 0.05) is 13.1 Å². The van der Waals surface area contributed by atoms with Crippen LogP contribution < -0.4 is 23.9 Å². The highest BCUT2D eigenvalue weighted by molar-refractivity contribution is 7.92. The van der Waals surface area contributed by atoms with Crippen molar-refractivity contribution < 1.29 is 37.0 Å². The monoisotopic (exact) mass is 596 g/mol. The predicted molar refractivity (Wildman–Crippen MR) is 156 cm³/mol. The Balaban J connectivity index is 1.40. The van der Waals surface area contributed by atoms with Crippen molar-refractivity contribution in [3.05, 3.63) is 78.4 Å². The number of carbonyl (C=O) groups is 2. The van der Waals surface area contributed by atoms with E-state index in [1.807, 2.05) is 0 Å². The first-order valence-electron chi connectivity index (χ1n) is 13.0. The van der Waals surface area contributed by atoms with Crippen molar-refractivity contribution in [1.82, 2.24) is 10.3 Å². The van der Waals surface area contributed by atoms with Crippen LogP contribution in [-0.2, 0) is 24.3 Å². The zero-order valence-corrected chi connectivity index (χ0v) is 24.1. The summed E-state index contributed by atoms with van der Waals surface area (Å²) >= 11 is 0. The second kappa shape index (κ2) is 14.3. The van der Waals surface area contributed by atoms with Gasteiger partial charge in [0.15, 0.2) is 6.61 Å². The molecule has 222 valence electrons. The summed E-state index contributed by atoms with van der Waals surface area (Å²) in [5.74, 6) is 0.499. The minimum Gasteiger partial charge on any atom is -0.497 e. The first kappa shape index (κ1) is 30.3. The van der Waals surface area contributed by atoms with Crippen molar-refractivity contribution in [3.8, 4) is 17.2 Å². The van der Waals surface area contributed by atoms with Crippen LogP contribution in [0.2, 0.25) is 0 Å². The third-order valence-electron chi connectivity index (χ3n) is 6.30. The van der Waals surface area contributed by atoms with E-state index in [0.717, 1.165) is 4.31 Å². The number of nitrogens with zero attached hydrogens (tertiary/aromatic N) is 3. The van der Waals surface area contributed by atoms with E-state index in [1.165, 1.54) is 44.7 Å². The third kappa shape index (κ3) is 7.77. The van der Waals surface area contributed by atoms with E-state index in [-0.39, 0.29) is 28.8 Å². The average Bonchev–Trinajstić information content (AvgIpc) is 3.03. The van der Waals surface area contributed by atoms with Crippen LogP contribution in [-0.4, -0.2) is 85.0 Å². The van der Waals surface area contributed by atoms with Crippen molar-refractivity contribution in [3.63, 3.8) is 0 Å². The molecule has 42 heavy (non-hydrogen) atoms. The number of amides is 2. The normalized spacial score (nSPS) is 13.4. The number of ether oxygens (including phenoxy) is 4. The van der Waals surface area contributed by atoms with Gasteiger partial charge in [0.25, 0.3) is 21.8 Å². The van der Waals surface area contributed by atoms with Gasteiger partial charge in [-0.2, -0.15) is 5.10 Å². The molecule has 4 rings (SSSR count). The molecule has 13 heteroatoms. The summed E-state index contributed by atoms with van der Waals surface area (Å²) in [6.07, 6.45) is 1.41. The van der Waals surface area contributed by atoms with Gasteiger partial charge in [-0.3, -0.25) is 13.9 Å². The Morgan fingerprint density at radius 1 is 0.952 bits per heavy atom. The maximum atomic E-state index is 13.6.